The molecule has 2 N–H and O–H groups in total. The van der Waals surface area contributed by atoms with Gasteiger partial charge < -0.3 is 15.3 Å². The van der Waals surface area contributed by atoms with Crippen LogP contribution in [0.4, 0.5) is 0 Å². The molecule has 1 saturated carbocycles. The summed E-state index contributed by atoms with van der Waals surface area (Å²) in [5, 5.41) is 15.1. The number of nitrogens with zero attached hydrogens (tertiary/aromatic N) is 1. The Morgan fingerprint density at radius 1 is 1.39 bits per heavy atom. The Morgan fingerprint density at radius 3 is 2.72 bits per heavy atom. The summed E-state index contributed by atoms with van der Waals surface area (Å²) in [5.74, 6) is -0.922. The summed E-state index contributed by atoms with van der Waals surface area (Å²) in [7, 11) is 0. The minimum Gasteiger partial charge on any atom is -0.477 e. The number of nitrogens with one attached hydrogen (secondary N) is 1. The number of carbonyl (C=O) groups excluding carboxylic acids is 1. The second-order valence-electron chi connectivity index (χ2n) is 5.02. The molecule has 0 spiro atoms. The molecule has 0 radical (unpaired) electrons. The topological polar surface area (TPSA) is 88.0 Å². The summed E-state index contributed by atoms with van der Waals surface area (Å²) in [5.41, 5.74) is -0.0909. The fraction of sp³-hybridized carbons (Fsp3) is 0.750. The van der Waals surface area contributed by atoms with E-state index in [-0.39, 0.29) is 24.1 Å². The van der Waals surface area contributed by atoms with E-state index in [4.69, 9.17) is 9.94 Å². The molecule has 6 heteroatoms. The summed E-state index contributed by atoms with van der Waals surface area (Å²) in [4.78, 5) is 27.5. The van der Waals surface area contributed by atoms with Gasteiger partial charge in [-0.25, -0.2) is 4.79 Å². The molecule has 2 rings (SSSR count). The van der Waals surface area contributed by atoms with Crippen molar-refractivity contribution in [3.05, 3.63) is 0 Å². The van der Waals surface area contributed by atoms with Crippen LogP contribution in [-0.4, -0.2) is 34.8 Å². The zero-order valence-corrected chi connectivity index (χ0v) is 10.4. The summed E-state index contributed by atoms with van der Waals surface area (Å²) < 4.78 is 0. The summed E-state index contributed by atoms with van der Waals surface area (Å²) in [6.07, 6.45) is 3.68. The highest BCUT2D eigenvalue weighted by atomic mass is 16.6. The minimum absolute atomic E-state index is 0.0439. The molecular weight excluding hydrogens is 236 g/mol. The Bertz CT molecular complexity index is 380. The third kappa shape index (κ3) is 2.80. The zero-order chi connectivity index (χ0) is 13.1. The van der Waals surface area contributed by atoms with Crippen molar-refractivity contribution in [2.45, 2.75) is 51.2 Å². The van der Waals surface area contributed by atoms with Crippen LogP contribution in [0.15, 0.2) is 5.16 Å². The van der Waals surface area contributed by atoms with E-state index in [0.29, 0.717) is 5.92 Å². The highest BCUT2D eigenvalue weighted by Crippen LogP contribution is 2.24. The fourth-order valence-electron chi connectivity index (χ4n) is 2.45. The van der Waals surface area contributed by atoms with Crippen molar-refractivity contribution < 1.29 is 19.5 Å². The molecule has 0 bridgehead atoms. The number of rotatable bonds is 3. The van der Waals surface area contributed by atoms with Crippen LogP contribution in [0.3, 0.4) is 0 Å². The largest absolute Gasteiger partial charge is 0.477 e. The van der Waals surface area contributed by atoms with Crippen LogP contribution >= 0.6 is 0 Å². The highest BCUT2D eigenvalue weighted by molar-refractivity contribution is 6.36. The lowest BCUT2D eigenvalue weighted by Crippen LogP contribution is -2.45. The molecule has 100 valence electrons. The lowest BCUT2D eigenvalue weighted by Gasteiger charge is -2.30. The normalized spacial score (nSPS) is 31.4. The molecule has 1 amide bonds. The Kier molecular flexibility index (Phi) is 3.84. The molecule has 3 atom stereocenters. The van der Waals surface area contributed by atoms with Gasteiger partial charge in [0.25, 0.3) is 5.91 Å². The molecule has 1 heterocycles. The quantitative estimate of drug-likeness (QED) is 0.783. The number of oxime groups is 1. The Hall–Kier alpha value is -1.59. The first-order chi connectivity index (χ1) is 8.58. The molecule has 2 aliphatic rings. The van der Waals surface area contributed by atoms with E-state index in [1.54, 1.807) is 0 Å². The Morgan fingerprint density at radius 2 is 2.11 bits per heavy atom. The van der Waals surface area contributed by atoms with E-state index >= 15 is 0 Å². The fourth-order valence-corrected chi connectivity index (χ4v) is 2.45. The molecule has 0 aromatic rings. The van der Waals surface area contributed by atoms with Gasteiger partial charge in [-0.1, -0.05) is 24.9 Å². The number of carboxylic acid groups (broad SMARTS) is 1. The predicted octanol–water partition coefficient (Wildman–Crippen LogP) is 0.911. The van der Waals surface area contributed by atoms with Gasteiger partial charge in [-0.2, -0.15) is 0 Å². The Balaban J connectivity index is 1.84. The Labute approximate surface area is 105 Å². The third-order valence-corrected chi connectivity index (χ3v) is 3.65. The first-order valence-electron chi connectivity index (χ1n) is 6.34. The van der Waals surface area contributed by atoms with Crippen LogP contribution in [0.25, 0.3) is 0 Å². The standard InChI is InChI=1S/C12H18N2O4/c1-7-4-2-3-5-8(7)13-11(15)10-6-9(12(16)17)14-18-10/h7-8,10H,2-6H2,1H3,(H,13,15)(H,16,17). The molecular formula is C12H18N2O4. The predicted molar refractivity (Wildman–Crippen MR) is 64.1 cm³/mol. The van der Waals surface area contributed by atoms with E-state index in [1.807, 2.05) is 0 Å². The number of hydrogen-bond acceptors (Lipinski definition) is 4. The number of carboxylic acids is 1. The maximum Gasteiger partial charge on any atom is 0.353 e. The first kappa shape index (κ1) is 12.9. The van der Waals surface area contributed by atoms with Crippen LogP contribution in [0.2, 0.25) is 0 Å². The van der Waals surface area contributed by atoms with Gasteiger partial charge in [0.15, 0.2) is 5.71 Å². The second-order valence-corrected chi connectivity index (χ2v) is 5.02. The van der Waals surface area contributed by atoms with Gasteiger partial charge in [0.1, 0.15) is 0 Å². The monoisotopic (exact) mass is 254 g/mol. The molecule has 0 aromatic carbocycles. The van der Waals surface area contributed by atoms with Gasteiger partial charge in [-0.3, -0.25) is 4.79 Å². The number of hydrogen-bond donors (Lipinski definition) is 2. The first-order valence-corrected chi connectivity index (χ1v) is 6.34. The average molecular weight is 254 g/mol. The van der Waals surface area contributed by atoms with Crippen LogP contribution in [0.1, 0.15) is 39.0 Å². The number of carbonyl (C=O) groups is 2. The molecule has 0 saturated heterocycles. The van der Waals surface area contributed by atoms with Gasteiger partial charge in [0.2, 0.25) is 6.10 Å². The lowest BCUT2D eigenvalue weighted by molar-refractivity contribution is -0.132. The van der Waals surface area contributed by atoms with Gasteiger partial charge in [0, 0.05) is 12.5 Å². The van der Waals surface area contributed by atoms with Crippen molar-refractivity contribution in [2.75, 3.05) is 0 Å². The van der Waals surface area contributed by atoms with Crippen LogP contribution < -0.4 is 5.32 Å². The summed E-state index contributed by atoms with van der Waals surface area (Å²) in [6.45, 7) is 2.12. The smallest absolute Gasteiger partial charge is 0.353 e. The van der Waals surface area contributed by atoms with Crippen molar-refractivity contribution in [3.8, 4) is 0 Å². The van der Waals surface area contributed by atoms with Crippen LogP contribution in [0.5, 0.6) is 0 Å². The van der Waals surface area contributed by atoms with E-state index < -0.39 is 12.1 Å². The summed E-state index contributed by atoms with van der Waals surface area (Å²) >= 11 is 0. The van der Waals surface area contributed by atoms with Crippen molar-refractivity contribution in [1.82, 2.24) is 5.32 Å². The lowest BCUT2D eigenvalue weighted by atomic mass is 9.86. The van der Waals surface area contributed by atoms with E-state index in [9.17, 15) is 9.59 Å². The number of amides is 1. The van der Waals surface area contributed by atoms with Crippen LogP contribution in [-0.2, 0) is 14.4 Å². The highest BCUT2D eigenvalue weighted by Gasteiger charge is 2.33. The van der Waals surface area contributed by atoms with Gasteiger partial charge in [-0.05, 0) is 18.8 Å². The molecule has 18 heavy (non-hydrogen) atoms. The SMILES string of the molecule is CC1CCCCC1NC(=O)C1CC(C(=O)O)=NO1. The van der Waals surface area contributed by atoms with E-state index in [2.05, 4.69) is 17.4 Å². The maximum absolute atomic E-state index is 11.9. The maximum atomic E-state index is 11.9. The van der Waals surface area contributed by atoms with E-state index in [1.165, 1.54) is 6.42 Å². The molecule has 3 unspecified atom stereocenters. The summed E-state index contributed by atoms with van der Waals surface area (Å²) in [6, 6.07) is 0.170. The third-order valence-electron chi connectivity index (χ3n) is 3.65. The van der Waals surface area contributed by atoms with Crippen molar-refractivity contribution in [3.63, 3.8) is 0 Å². The van der Waals surface area contributed by atoms with Gasteiger partial charge in [-0.15, -0.1) is 0 Å². The molecule has 0 aromatic heterocycles. The zero-order valence-electron chi connectivity index (χ0n) is 10.4. The molecule has 1 aliphatic carbocycles. The molecule has 6 nitrogen and oxygen atoms in total. The number of aliphatic carboxylic acids is 1. The van der Waals surface area contributed by atoms with E-state index in [0.717, 1.165) is 19.3 Å². The van der Waals surface area contributed by atoms with Gasteiger partial charge >= 0.3 is 5.97 Å². The van der Waals surface area contributed by atoms with Crippen LogP contribution in [0, 0.1) is 5.92 Å². The minimum atomic E-state index is -1.13. The second kappa shape index (κ2) is 5.37. The van der Waals surface area contributed by atoms with Crippen molar-refractivity contribution in [2.24, 2.45) is 11.1 Å². The van der Waals surface area contributed by atoms with Crippen molar-refractivity contribution >= 4 is 17.6 Å². The molecule has 1 fully saturated rings. The molecule has 1 aliphatic heterocycles. The van der Waals surface area contributed by atoms with Crippen molar-refractivity contribution in [1.29, 1.82) is 0 Å². The average Bonchev–Trinajstić information content (AvgIpc) is 2.81. The van der Waals surface area contributed by atoms with Gasteiger partial charge in [0.05, 0.1) is 0 Å².